The third-order valence-corrected chi connectivity index (χ3v) is 7.36. The summed E-state index contributed by atoms with van der Waals surface area (Å²) in [4.78, 5) is 24.6. The summed E-state index contributed by atoms with van der Waals surface area (Å²) >= 11 is 0. The predicted octanol–water partition coefficient (Wildman–Crippen LogP) is 4.10. The fraction of sp³-hybridized carbons (Fsp3) is 0.360. The molecule has 0 heterocycles. The summed E-state index contributed by atoms with van der Waals surface area (Å²) in [6.07, 6.45) is 2.31. The molecule has 2 aromatic carbocycles. The van der Waals surface area contributed by atoms with E-state index >= 15 is 0 Å². The highest BCUT2D eigenvalue weighted by Gasteiger charge is 2.60. The third kappa shape index (κ3) is 5.27. The molecule has 33 heavy (non-hydrogen) atoms. The number of hydrogen-bond donors (Lipinski definition) is 1. The number of amides is 1. The van der Waals surface area contributed by atoms with Crippen LogP contribution in [0.25, 0.3) is 0 Å². The summed E-state index contributed by atoms with van der Waals surface area (Å²) in [5.41, 5.74) is 0.398. The number of benzene rings is 2. The normalized spacial score (nSPS) is 19.6. The molecule has 7 nitrogen and oxygen atoms in total. The van der Waals surface area contributed by atoms with Crippen molar-refractivity contribution in [2.75, 3.05) is 6.61 Å². The van der Waals surface area contributed by atoms with Crippen LogP contribution in [0.2, 0.25) is 0 Å². The Morgan fingerprint density at radius 2 is 1.91 bits per heavy atom. The van der Waals surface area contributed by atoms with Crippen molar-refractivity contribution in [1.29, 1.82) is 0 Å². The minimum atomic E-state index is -4.00. The number of carbonyl (C=O) groups excluding carboxylic acids is 2. The molecule has 1 fully saturated rings. The van der Waals surface area contributed by atoms with Crippen LogP contribution in [0, 0.1) is 17.3 Å². The van der Waals surface area contributed by atoms with Gasteiger partial charge in [0, 0.05) is 0 Å². The number of esters is 1. The van der Waals surface area contributed by atoms with Crippen molar-refractivity contribution in [2.45, 2.75) is 38.7 Å². The van der Waals surface area contributed by atoms with E-state index in [-0.39, 0.29) is 29.9 Å². The van der Waals surface area contributed by atoms with E-state index in [0.717, 1.165) is 5.56 Å². The molecule has 0 unspecified atom stereocenters. The molecule has 2 atom stereocenters. The smallest absolute Gasteiger partial charge is 0.338 e. The molecule has 0 radical (unpaired) electrons. The van der Waals surface area contributed by atoms with E-state index in [1.807, 2.05) is 13.8 Å². The third-order valence-electron chi connectivity index (χ3n) is 6.01. The van der Waals surface area contributed by atoms with Gasteiger partial charge < -0.3 is 9.47 Å². The lowest BCUT2D eigenvalue weighted by Crippen LogP contribution is -2.40. The first kappa shape index (κ1) is 24.5. The van der Waals surface area contributed by atoms with Crippen molar-refractivity contribution in [3.8, 4) is 5.75 Å². The van der Waals surface area contributed by atoms with Gasteiger partial charge in [0.2, 0.25) is 5.91 Å². The molecule has 0 spiro atoms. The second-order valence-corrected chi connectivity index (χ2v) is 10.0. The number of ether oxygens (including phenoxy) is 2. The molecule has 1 aliphatic carbocycles. The van der Waals surface area contributed by atoms with Crippen LogP contribution in [0.5, 0.6) is 5.75 Å². The molecule has 0 aliphatic heterocycles. The average molecular weight is 472 g/mol. The molecule has 1 amide bonds. The number of nitrogens with one attached hydrogen (secondary N) is 1. The number of allylic oxidation sites excluding steroid dienone is 1. The van der Waals surface area contributed by atoms with Crippen molar-refractivity contribution in [2.24, 2.45) is 17.3 Å². The zero-order valence-corrected chi connectivity index (χ0v) is 19.9. The first-order valence-corrected chi connectivity index (χ1v) is 12.3. The maximum atomic E-state index is 12.8. The highest BCUT2D eigenvalue weighted by Crippen LogP contribution is 2.58. The molecule has 2 aromatic rings. The van der Waals surface area contributed by atoms with Gasteiger partial charge in [0.1, 0.15) is 12.4 Å². The SMILES string of the molecule is C=C[C@@H]1C[C@@]1(C(=O)NS(=O)(=O)c1ccc(COc2cccc(C(=O)OCC)c2)cc1)C(C)C. The number of hydrogen-bond acceptors (Lipinski definition) is 6. The molecule has 0 bridgehead atoms. The summed E-state index contributed by atoms with van der Waals surface area (Å²) in [7, 11) is -4.00. The summed E-state index contributed by atoms with van der Waals surface area (Å²) in [6.45, 7) is 9.76. The van der Waals surface area contributed by atoms with Crippen molar-refractivity contribution >= 4 is 21.9 Å². The maximum Gasteiger partial charge on any atom is 0.338 e. The highest BCUT2D eigenvalue weighted by atomic mass is 32.2. The summed E-state index contributed by atoms with van der Waals surface area (Å²) < 4.78 is 38.4. The van der Waals surface area contributed by atoms with Crippen molar-refractivity contribution < 1.29 is 27.5 Å². The molecule has 3 rings (SSSR count). The van der Waals surface area contributed by atoms with Crippen molar-refractivity contribution in [3.05, 3.63) is 72.3 Å². The second kappa shape index (κ2) is 9.79. The van der Waals surface area contributed by atoms with Crippen LogP contribution in [0.1, 0.15) is 43.1 Å². The van der Waals surface area contributed by atoms with Crippen molar-refractivity contribution in [3.63, 3.8) is 0 Å². The van der Waals surface area contributed by atoms with Gasteiger partial charge in [0.25, 0.3) is 10.0 Å². The van der Waals surface area contributed by atoms with E-state index in [4.69, 9.17) is 9.47 Å². The van der Waals surface area contributed by atoms with Gasteiger partial charge in [-0.05, 0) is 61.1 Å². The Morgan fingerprint density at radius 3 is 2.48 bits per heavy atom. The van der Waals surface area contributed by atoms with E-state index in [1.165, 1.54) is 12.1 Å². The number of rotatable bonds is 10. The monoisotopic (exact) mass is 471 g/mol. The zero-order valence-electron chi connectivity index (χ0n) is 19.0. The van der Waals surface area contributed by atoms with Gasteiger partial charge in [-0.3, -0.25) is 4.79 Å². The van der Waals surface area contributed by atoms with Crippen LogP contribution in [-0.2, 0) is 26.2 Å². The molecule has 0 saturated heterocycles. The first-order chi connectivity index (χ1) is 15.6. The number of sulfonamides is 1. The standard InChI is InChI=1S/C25H29NO6S/c1-5-20-15-25(20,17(3)4)24(28)26-33(29,30)22-12-10-18(11-13-22)16-32-21-9-7-8-19(14-21)23(27)31-6-2/h5,7-14,17,20H,1,6,15-16H2,2-4H3,(H,26,28)/t20-,25-/m1/s1. The minimum absolute atomic E-state index is 0.00128. The average Bonchev–Trinajstić information content (AvgIpc) is 3.55. The maximum absolute atomic E-state index is 12.8. The largest absolute Gasteiger partial charge is 0.489 e. The quantitative estimate of drug-likeness (QED) is 0.414. The van der Waals surface area contributed by atoms with Crippen LogP contribution in [0.15, 0.2) is 66.1 Å². The van der Waals surface area contributed by atoms with Crippen LogP contribution < -0.4 is 9.46 Å². The summed E-state index contributed by atoms with van der Waals surface area (Å²) in [5, 5.41) is 0. The molecule has 1 N–H and O–H groups in total. The Labute approximate surface area is 194 Å². The molecule has 1 saturated carbocycles. The fourth-order valence-corrected chi connectivity index (χ4v) is 4.97. The van der Waals surface area contributed by atoms with E-state index in [0.29, 0.717) is 17.7 Å². The molecule has 8 heteroatoms. The van der Waals surface area contributed by atoms with Crippen LogP contribution in [0.3, 0.4) is 0 Å². The Balaban J connectivity index is 1.64. The molecular weight excluding hydrogens is 442 g/mol. The van der Waals surface area contributed by atoms with Crippen LogP contribution in [0.4, 0.5) is 0 Å². The van der Waals surface area contributed by atoms with Gasteiger partial charge in [-0.25, -0.2) is 17.9 Å². The van der Waals surface area contributed by atoms with Gasteiger partial charge >= 0.3 is 5.97 Å². The van der Waals surface area contributed by atoms with Crippen LogP contribution >= 0.6 is 0 Å². The predicted molar refractivity (Wildman–Crippen MR) is 124 cm³/mol. The summed E-state index contributed by atoms with van der Waals surface area (Å²) in [5.74, 6) is -0.447. The molecule has 1 aliphatic rings. The minimum Gasteiger partial charge on any atom is -0.489 e. The second-order valence-electron chi connectivity index (χ2n) is 8.36. The number of carbonyl (C=O) groups is 2. The van der Waals surface area contributed by atoms with E-state index in [2.05, 4.69) is 11.3 Å². The van der Waals surface area contributed by atoms with Gasteiger partial charge in [0.15, 0.2) is 0 Å². The Morgan fingerprint density at radius 1 is 1.21 bits per heavy atom. The Hall–Kier alpha value is -3.13. The van der Waals surface area contributed by atoms with Gasteiger partial charge in [-0.15, -0.1) is 6.58 Å². The van der Waals surface area contributed by atoms with Crippen LogP contribution in [-0.4, -0.2) is 26.9 Å². The topological polar surface area (TPSA) is 98.8 Å². The summed E-state index contributed by atoms with van der Waals surface area (Å²) in [6, 6.07) is 12.8. The highest BCUT2D eigenvalue weighted by molar-refractivity contribution is 7.90. The first-order valence-electron chi connectivity index (χ1n) is 10.8. The Bertz CT molecular complexity index is 1140. The van der Waals surface area contributed by atoms with E-state index < -0.39 is 27.3 Å². The molecule has 176 valence electrons. The van der Waals surface area contributed by atoms with Gasteiger partial charge in [-0.2, -0.15) is 0 Å². The van der Waals surface area contributed by atoms with E-state index in [9.17, 15) is 18.0 Å². The fourth-order valence-electron chi connectivity index (χ4n) is 3.92. The van der Waals surface area contributed by atoms with E-state index in [1.54, 1.807) is 49.4 Å². The van der Waals surface area contributed by atoms with Gasteiger partial charge in [-0.1, -0.05) is 38.1 Å². The Kier molecular flexibility index (Phi) is 7.27. The molecule has 0 aromatic heterocycles. The lowest BCUT2D eigenvalue weighted by Gasteiger charge is -2.20. The zero-order chi connectivity index (χ0) is 24.2. The van der Waals surface area contributed by atoms with Crippen molar-refractivity contribution in [1.82, 2.24) is 4.72 Å². The lowest BCUT2D eigenvalue weighted by molar-refractivity contribution is -0.126. The molecular formula is C25H29NO6S. The lowest BCUT2D eigenvalue weighted by atomic mass is 9.89. The van der Waals surface area contributed by atoms with Gasteiger partial charge in [0.05, 0.1) is 22.5 Å².